The summed E-state index contributed by atoms with van der Waals surface area (Å²) in [6.07, 6.45) is 1.77. The van der Waals surface area contributed by atoms with E-state index in [2.05, 4.69) is 15.6 Å². The largest absolute Gasteiger partial charge is 0.347 e. The molecule has 6 heteroatoms. The molecule has 0 spiro atoms. The monoisotopic (exact) mass is 264 g/mol. The minimum atomic E-state index is -1.02. The van der Waals surface area contributed by atoms with Crippen LogP contribution >= 0.6 is 0 Å². The highest BCUT2D eigenvalue weighted by atomic mass is 16.2. The molecule has 0 unspecified atom stereocenters. The van der Waals surface area contributed by atoms with E-state index in [1.165, 1.54) is 0 Å². The fraction of sp³-hybridized carbons (Fsp3) is 0.462. The highest BCUT2D eigenvalue weighted by Gasteiger charge is 2.30. The van der Waals surface area contributed by atoms with Gasteiger partial charge in [-0.3, -0.25) is 14.6 Å². The molecule has 0 saturated carbocycles. The van der Waals surface area contributed by atoms with Gasteiger partial charge in [0.2, 0.25) is 5.91 Å². The summed E-state index contributed by atoms with van der Waals surface area (Å²) in [6, 6.07) is 3.47. The van der Waals surface area contributed by atoms with Crippen molar-refractivity contribution in [3.05, 3.63) is 24.0 Å². The second-order valence-corrected chi connectivity index (χ2v) is 4.85. The van der Waals surface area contributed by atoms with E-state index in [1.807, 2.05) is 0 Å². The van der Waals surface area contributed by atoms with Crippen molar-refractivity contribution in [3.63, 3.8) is 0 Å². The summed E-state index contributed by atoms with van der Waals surface area (Å²) in [5.41, 5.74) is -0.519. The zero-order valence-electron chi connectivity index (χ0n) is 11.9. The van der Waals surface area contributed by atoms with Crippen molar-refractivity contribution in [1.82, 2.24) is 15.2 Å². The van der Waals surface area contributed by atoms with Gasteiger partial charge >= 0.3 is 0 Å². The molecule has 0 aliphatic carbocycles. The molecule has 1 aromatic rings. The quantitative estimate of drug-likeness (QED) is 0.623. The maximum Gasteiger partial charge on any atom is 0.268 e. The molecule has 1 heterocycles. The number of rotatable bonds is 3. The molecule has 0 aliphatic rings. The first kappa shape index (κ1) is 14.9. The van der Waals surface area contributed by atoms with Gasteiger partial charge in [-0.2, -0.15) is 0 Å². The van der Waals surface area contributed by atoms with Crippen molar-refractivity contribution in [3.8, 4) is 0 Å². The lowest BCUT2D eigenvalue weighted by Gasteiger charge is -2.25. The normalized spacial score (nSPS) is 12.2. The molecule has 1 rings (SSSR count). The number of aromatic nitrogens is 1. The lowest BCUT2D eigenvalue weighted by atomic mass is 10.0. The molecule has 0 atom stereocenters. The van der Waals surface area contributed by atoms with Crippen molar-refractivity contribution < 1.29 is 9.59 Å². The van der Waals surface area contributed by atoms with Crippen molar-refractivity contribution in [1.29, 1.82) is 0 Å². The van der Waals surface area contributed by atoms with Gasteiger partial charge in [0.1, 0.15) is 11.2 Å². The first-order chi connectivity index (χ1) is 8.77. The fourth-order valence-electron chi connectivity index (χ4n) is 1.48. The molecule has 0 radical (unpaired) electrons. The minimum Gasteiger partial charge on any atom is -0.347 e. The Morgan fingerprint density at radius 1 is 1.37 bits per heavy atom. The van der Waals surface area contributed by atoms with Gasteiger partial charge in [-0.15, -0.1) is 0 Å². The first-order valence-corrected chi connectivity index (χ1v) is 5.96. The topological polar surface area (TPSA) is 75.5 Å². The van der Waals surface area contributed by atoms with E-state index in [1.54, 1.807) is 57.8 Å². The van der Waals surface area contributed by atoms with E-state index in [9.17, 15) is 9.59 Å². The van der Waals surface area contributed by atoms with Gasteiger partial charge in [0.15, 0.2) is 0 Å². The Morgan fingerprint density at radius 2 is 2.00 bits per heavy atom. The summed E-state index contributed by atoms with van der Waals surface area (Å²) in [6.45, 7) is 4.98. The van der Waals surface area contributed by atoms with Gasteiger partial charge in [-0.05, 0) is 32.9 Å². The van der Waals surface area contributed by atoms with Gasteiger partial charge < -0.3 is 15.2 Å². The molecular formula is C13H20N4O2. The van der Waals surface area contributed by atoms with Gasteiger partial charge in [0.25, 0.3) is 5.91 Å². The predicted octanol–water partition coefficient (Wildman–Crippen LogP) is 0.698. The Bertz CT molecular complexity index is 514. The summed E-state index contributed by atoms with van der Waals surface area (Å²) in [4.78, 5) is 27.9. The standard InChI is InChI=1S/C13H20N4O2/c1-9(14-4)15-12(19)13(2,3)16-11(18)10-7-6-8-17(10)5/h6-8H,1-5H3,(H,16,18)(H,14,15,19). The SMILES string of the molecule is CN=C(C)NC(=O)C(C)(C)NC(=O)c1cccn1C. The third kappa shape index (κ3) is 3.67. The van der Waals surface area contributed by atoms with Crippen LogP contribution in [-0.2, 0) is 11.8 Å². The van der Waals surface area contributed by atoms with Gasteiger partial charge in [0.05, 0.1) is 5.84 Å². The van der Waals surface area contributed by atoms with Crippen LogP contribution in [0, 0.1) is 0 Å². The number of carbonyl (C=O) groups excluding carboxylic acids is 2. The molecular weight excluding hydrogens is 244 g/mol. The number of hydrogen-bond acceptors (Lipinski definition) is 3. The van der Waals surface area contributed by atoms with Crippen LogP contribution in [0.5, 0.6) is 0 Å². The third-order valence-corrected chi connectivity index (χ3v) is 2.80. The number of nitrogens with zero attached hydrogens (tertiary/aromatic N) is 2. The van der Waals surface area contributed by atoms with Crippen molar-refractivity contribution >= 4 is 17.6 Å². The molecule has 0 bridgehead atoms. The van der Waals surface area contributed by atoms with Crippen molar-refractivity contribution in [2.24, 2.45) is 12.0 Å². The third-order valence-electron chi connectivity index (χ3n) is 2.80. The van der Waals surface area contributed by atoms with Crippen LogP contribution in [0.1, 0.15) is 31.3 Å². The summed E-state index contributed by atoms with van der Waals surface area (Å²) >= 11 is 0. The lowest BCUT2D eigenvalue weighted by Crippen LogP contribution is -2.55. The molecule has 0 aliphatic heterocycles. The van der Waals surface area contributed by atoms with E-state index in [0.717, 1.165) is 0 Å². The van der Waals surface area contributed by atoms with E-state index in [4.69, 9.17) is 0 Å². The maximum atomic E-state index is 12.1. The Hall–Kier alpha value is -2.11. The van der Waals surface area contributed by atoms with E-state index < -0.39 is 5.54 Å². The maximum absolute atomic E-state index is 12.1. The average Bonchev–Trinajstić information content (AvgIpc) is 2.74. The highest BCUT2D eigenvalue weighted by molar-refractivity contribution is 6.04. The Labute approximate surface area is 112 Å². The number of amides is 2. The van der Waals surface area contributed by atoms with Crippen LogP contribution in [0.2, 0.25) is 0 Å². The molecule has 0 saturated heterocycles. The molecule has 19 heavy (non-hydrogen) atoms. The molecule has 1 aromatic heterocycles. The number of hydrogen-bond donors (Lipinski definition) is 2. The van der Waals surface area contributed by atoms with Crippen LogP contribution in [0.3, 0.4) is 0 Å². The first-order valence-electron chi connectivity index (χ1n) is 5.96. The summed E-state index contributed by atoms with van der Waals surface area (Å²) in [7, 11) is 3.36. The van der Waals surface area contributed by atoms with Crippen LogP contribution in [0.15, 0.2) is 23.3 Å². The van der Waals surface area contributed by atoms with Crippen molar-refractivity contribution in [2.45, 2.75) is 26.3 Å². The van der Waals surface area contributed by atoms with Crippen LogP contribution in [0.4, 0.5) is 0 Å². The molecule has 6 nitrogen and oxygen atoms in total. The number of aliphatic imine (C=N–C) groups is 1. The van der Waals surface area contributed by atoms with Gasteiger partial charge in [-0.1, -0.05) is 0 Å². The molecule has 0 aromatic carbocycles. The molecule has 2 N–H and O–H groups in total. The number of aryl methyl sites for hydroxylation is 1. The average molecular weight is 264 g/mol. The zero-order valence-corrected chi connectivity index (χ0v) is 11.9. The zero-order chi connectivity index (χ0) is 14.6. The van der Waals surface area contributed by atoms with Crippen molar-refractivity contribution in [2.75, 3.05) is 7.05 Å². The second kappa shape index (κ2) is 5.69. The van der Waals surface area contributed by atoms with Gasteiger partial charge in [0, 0.05) is 20.3 Å². The lowest BCUT2D eigenvalue weighted by molar-refractivity contribution is -0.124. The predicted molar refractivity (Wildman–Crippen MR) is 74.1 cm³/mol. The second-order valence-electron chi connectivity index (χ2n) is 4.85. The van der Waals surface area contributed by atoms with E-state index in [-0.39, 0.29) is 11.8 Å². The number of carbonyl (C=O) groups is 2. The van der Waals surface area contributed by atoms with E-state index >= 15 is 0 Å². The molecule has 2 amide bonds. The number of amidine groups is 1. The highest BCUT2D eigenvalue weighted by Crippen LogP contribution is 2.06. The fourth-order valence-corrected chi connectivity index (χ4v) is 1.48. The molecule has 104 valence electrons. The van der Waals surface area contributed by atoms with E-state index in [0.29, 0.717) is 11.5 Å². The van der Waals surface area contributed by atoms with Gasteiger partial charge in [-0.25, -0.2) is 0 Å². The smallest absolute Gasteiger partial charge is 0.268 e. The van der Waals surface area contributed by atoms with Crippen LogP contribution in [0.25, 0.3) is 0 Å². The number of nitrogens with one attached hydrogen (secondary N) is 2. The van der Waals surface area contributed by atoms with Crippen LogP contribution in [-0.4, -0.2) is 34.8 Å². The summed E-state index contributed by atoms with van der Waals surface area (Å²) in [5.74, 6) is -0.0944. The summed E-state index contributed by atoms with van der Waals surface area (Å²) < 4.78 is 1.70. The Morgan fingerprint density at radius 3 is 2.47 bits per heavy atom. The van der Waals surface area contributed by atoms with Crippen LogP contribution < -0.4 is 10.6 Å². The Kier molecular flexibility index (Phi) is 4.47. The minimum absolute atomic E-state index is 0.293. The Balaban J connectivity index is 2.77. The summed E-state index contributed by atoms with van der Waals surface area (Å²) in [5, 5.41) is 5.33. The molecule has 0 fully saturated rings.